The van der Waals surface area contributed by atoms with Gasteiger partial charge in [-0.1, -0.05) is 0 Å². The molecule has 0 heterocycles. The number of hydrogen-bond acceptors (Lipinski definition) is 4. The van der Waals surface area contributed by atoms with Gasteiger partial charge in [0.2, 0.25) is 0 Å². The van der Waals surface area contributed by atoms with E-state index in [-0.39, 0.29) is 41.1 Å². The molecule has 0 aromatic carbocycles. The van der Waals surface area contributed by atoms with Crippen LogP contribution < -0.4 is 29.6 Å². The van der Waals surface area contributed by atoms with Crippen molar-refractivity contribution in [3.63, 3.8) is 0 Å². The first kappa shape index (κ1) is 13.5. The molecule has 1 N–H and O–H groups in total. The maximum Gasteiger partial charge on any atom is 1.00 e. The molecule has 0 fully saturated rings. The van der Waals surface area contributed by atoms with Crippen LogP contribution in [0.25, 0.3) is 0 Å². The number of nitrogens with zero attached hydrogens (tertiary/aromatic N) is 3. The fraction of sp³-hybridized carbons (Fsp3) is 1.00. The molecule has 0 aromatic heterocycles. The van der Waals surface area contributed by atoms with Gasteiger partial charge in [-0.2, -0.15) is 0 Å². The van der Waals surface area contributed by atoms with E-state index in [2.05, 4.69) is 5.28 Å². The minimum absolute atomic E-state index is 0. The van der Waals surface area contributed by atoms with E-state index in [0.29, 0.717) is 0 Å². The molecular weight excluding hydrogens is 161 g/mol. The molecule has 11 heavy (non-hydrogen) atoms. The Hall–Kier alpha value is -0.0400. The summed E-state index contributed by atoms with van der Waals surface area (Å²) < 4.78 is 0. The number of aliphatic hydroxyl groups excluding tert-OH is 1. The first-order valence-corrected chi connectivity index (χ1v) is 2.77. The molecule has 0 aromatic rings. The van der Waals surface area contributed by atoms with Gasteiger partial charge in [-0.3, -0.25) is 0 Å². The van der Waals surface area contributed by atoms with Crippen LogP contribution in [0.15, 0.2) is 5.28 Å². The Kier molecular flexibility index (Phi) is 8.20. The second-order valence-corrected chi connectivity index (χ2v) is 1.94. The average Bonchev–Trinajstić information content (AvgIpc) is 2.00. The summed E-state index contributed by atoms with van der Waals surface area (Å²) >= 11 is 0. The standard InChI is InChI=1S/C4H11N3O3.Na/c1-4(3-8)6(2)7(10)5-9;/h4,8-9H,3H2,1-2H3;/q;+1/p-1/b7-5-;/t4-;/m0./s1. The minimum Gasteiger partial charge on any atom is -0.737 e. The van der Waals surface area contributed by atoms with E-state index in [9.17, 15) is 10.4 Å². The van der Waals surface area contributed by atoms with E-state index in [1.807, 2.05) is 0 Å². The molecule has 6 nitrogen and oxygen atoms in total. The van der Waals surface area contributed by atoms with E-state index >= 15 is 0 Å². The van der Waals surface area contributed by atoms with Crippen molar-refractivity contribution < 1.29 is 39.6 Å². The Balaban J connectivity index is 0. The molecule has 0 aliphatic heterocycles. The zero-order valence-corrected chi connectivity index (χ0v) is 8.89. The van der Waals surface area contributed by atoms with Crippen molar-refractivity contribution in [1.82, 2.24) is 5.01 Å². The van der Waals surface area contributed by atoms with E-state index in [0.717, 1.165) is 5.01 Å². The minimum atomic E-state index is -0.393. The van der Waals surface area contributed by atoms with Crippen molar-refractivity contribution in [2.75, 3.05) is 13.7 Å². The van der Waals surface area contributed by atoms with Gasteiger partial charge in [0.1, 0.15) is 6.04 Å². The maximum absolute atomic E-state index is 10.4. The van der Waals surface area contributed by atoms with Gasteiger partial charge < -0.3 is 15.5 Å². The molecule has 0 amide bonds. The second kappa shape index (κ2) is 6.66. The van der Waals surface area contributed by atoms with Crippen molar-refractivity contribution in [2.45, 2.75) is 13.0 Å². The van der Waals surface area contributed by atoms with Crippen LogP contribution >= 0.6 is 0 Å². The molecule has 0 aliphatic rings. The molecule has 60 valence electrons. The van der Waals surface area contributed by atoms with Gasteiger partial charge in [0.15, 0.2) is 0 Å². The first-order valence-electron chi connectivity index (χ1n) is 2.77. The van der Waals surface area contributed by atoms with Gasteiger partial charge in [-0.15, -0.1) is 5.01 Å². The van der Waals surface area contributed by atoms with Gasteiger partial charge in [-0.05, 0) is 12.2 Å². The first-order chi connectivity index (χ1) is 4.63. The van der Waals surface area contributed by atoms with Crippen molar-refractivity contribution in [3.8, 4) is 0 Å². The summed E-state index contributed by atoms with van der Waals surface area (Å²) in [6.45, 7) is 1.40. The molecular formula is C4H10N3NaO3. The second-order valence-electron chi connectivity index (χ2n) is 1.94. The number of hydrazine groups is 1. The van der Waals surface area contributed by atoms with Crippen molar-refractivity contribution in [2.24, 2.45) is 5.28 Å². The summed E-state index contributed by atoms with van der Waals surface area (Å²) in [5, 5.41) is 31.6. The summed E-state index contributed by atoms with van der Waals surface area (Å²) in [7, 11) is 1.37. The zero-order chi connectivity index (χ0) is 8.15. The Morgan fingerprint density at radius 3 is 2.45 bits per heavy atom. The third kappa shape index (κ3) is 4.41. The molecule has 0 rings (SSSR count). The van der Waals surface area contributed by atoms with Crippen LogP contribution in [0.1, 0.15) is 6.92 Å². The fourth-order valence-electron chi connectivity index (χ4n) is 0.344. The van der Waals surface area contributed by atoms with Crippen molar-refractivity contribution in [1.29, 1.82) is 0 Å². The molecule has 0 saturated carbocycles. The summed E-state index contributed by atoms with van der Waals surface area (Å²) in [4.78, 5) is -0.110. The predicted octanol–water partition coefficient (Wildman–Crippen LogP) is -3.32. The Morgan fingerprint density at radius 2 is 2.18 bits per heavy atom. The van der Waals surface area contributed by atoms with Gasteiger partial charge in [0.25, 0.3) is 0 Å². The van der Waals surface area contributed by atoms with Crippen LogP contribution in [-0.2, 0) is 0 Å². The van der Waals surface area contributed by atoms with Crippen LogP contribution in [0.5, 0.6) is 0 Å². The van der Waals surface area contributed by atoms with Gasteiger partial charge in [-0.25, -0.2) is 0 Å². The number of rotatable bonds is 3. The van der Waals surface area contributed by atoms with E-state index in [1.54, 1.807) is 6.92 Å². The quantitative estimate of drug-likeness (QED) is 0.208. The van der Waals surface area contributed by atoms with Crippen molar-refractivity contribution >= 4 is 0 Å². The fourth-order valence-corrected chi connectivity index (χ4v) is 0.344. The Morgan fingerprint density at radius 1 is 1.73 bits per heavy atom. The van der Waals surface area contributed by atoms with Crippen LogP contribution in [0.3, 0.4) is 0 Å². The van der Waals surface area contributed by atoms with Crippen LogP contribution in [0, 0.1) is 10.4 Å². The monoisotopic (exact) mass is 171 g/mol. The molecule has 0 radical (unpaired) electrons. The van der Waals surface area contributed by atoms with Gasteiger partial charge >= 0.3 is 29.6 Å². The smallest absolute Gasteiger partial charge is 0.737 e. The van der Waals surface area contributed by atoms with E-state index in [4.69, 9.17) is 5.11 Å². The van der Waals surface area contributed by atoms with Crippen LogP contribution in [-0.4, -0.2) is 34.8 Å². The topological polar surface area (TPSA) is 85.0 Å². The van der Waals surface area contributed by atoms with E-state index in [1.165, 1.54) is 7.05 Å². The van der Waals surface area contributed by atoms with Crippen molar-refractivity contribution in [3.05, 3.63) is 10.4 Å². The zero-order valence-electron chi connectivity index (χ0n) is 6.89. The van der Waals surface area contributed by atoms with E-state index < -0.39 is 6.04 Å². The summed E-state index contributed by atoms with van der Waals surface area (Å²) in [5.74, 6) is 0. The third-order valence-electron chi connectivity index (χ3n) is 1.24. The summed E-state index contributed by atoms with van der Waals surface area (Å²) in [6, 6.07) is -0.393. The molecule has 1 atom stereocenters. The Labute approximate surface area is 86.9 Å². The van der Waals surface area contributed by atoms with Gasteiger partial charge in [0.05, 0.1) is 13.7 Å². The SMILES string of the molecule is C[C@@H](CO)N(C)/[N+]([O-])=N/[O-].[Na+]. The predicted molar refractivity (Wildman–Crippen MR) is 33.7 cm³/mol. The van der Waals surface area contributed by atoms with Gasteiger partial charge in [0, 0.05) is 4.97 Å². The largest absolute Gasteiger partial charge is 1.00 e. The Bertz CT molecular complexity index is 132. The summed E-state index contributed by atoms with van der Waals surface area (Å²) in [5.41, 5.74) is 0. The van der Waals surface area contributed by atoms with Crippen LogP contribution in [0.4, 0.5) is 0 Å². The number of aliphatic hydroxyl groups is 1. The molecule has 7 heteroatoms. The summed E-state index contributed by atoms with van der Waals surface area (Å²) in [6.07, 6.45) is 0. The molecule has 0 saturated heterocycles. The van der Waals surface area contributed by atoms with Crippen LogP contribution in [0.2, 0.25) is 0 Å². The normalized spacial score (nSPS) is 13.5. The maximum atomic E-state index is 10.4. The third-order valence-corrected chi connectivity index (χ3v) is 1.24. The number of hydrogen-bond donors (Lipinski definition) is 1. The molecule has 0 aliphatic carbocycles. The molecule has 0 bridgehead atoms. The number of likely N-dealkylation sites (N-methyl/N-ethyl adjacent to an activating group) is 1. The molecule has 0 spiro atoms. The average molecular weight is 171 g/mol. The molecule has 0 unspecified atom stereocenters.